The Morgan fingerprint density at radius 1 is 1.40 bits per heavy atom. The highest BCUT2D eigenvalue weighted by atomic mass is 32.1. The van der Waals surface area contributed by atoms with Crippen molar-refractivity contribution in [3.05, 3.63) is 5.69 Å². The van der Waals surface area contributed by atoms with Crippen molar-refractivity contribution in [1.29, 1.82) is 0 Å². The highest BCUT2D eigenvalue weighted by Gasteiger charge is 2.19. The summed E-state index contributed by atoms with van der Waals surface area (Å²) in [5.74, 6) is -0.409. The zero-order valence-corrected chi connectivity index (χ0v) is 12.8. The Morgan fingerprint density at radius 3 is 2.60 bits per heavy atom. The lowest BCUT2D eigenvalue weighted by Crippen LogP contribution is -2.27. The van der Waals surface area contributed by atoms with E-state index in [2.05, 4.69) is 10.3 Å². The van der Waals surface area contributed by atoms with Crippen molar-refractivity contribution >= 4 is 33.5 Å². The molecule has 0 saturated heterocycles. The standard InChI is InChI=1S/C12H19N3O4S/c1-5-18-8(16)6-7-9(13)20-10(14-7)15-11(17)19-12(2,3)4/h5-6,13H2,1-4H3,(H,14,15,17). The van der Waals surface area contributed by atoms with Crippen LogP contribution in [0.4, 0.5) is 14.9 Å². The first-order valence-electron chi connectivity index (χ1n) is 6.12. The van der Waals surface area contributed by atoms with Gasteiger partial charge in [-0.1, -0.05) is 11.3 Å². The van der Waals surface area contributed by atoms with Gasteiger partial charge in [0.05, 0.1) is 18.7 Å². The van der Waals surface area contributed by atoms with Gasteiger partial charge in [-0.2, -0.15) is 0 Å². The molecule has 0 fully saturated rings. The van der Waals surface area contributed by atoms with Crippen LogP contribution in [0.2, 0.25) is 0 Å². The summed E-state index contributed by atoms with van der Waals surface area (Å²) >= 11 is 1.08. The maximum absolute atomic E-state index is 11.6. The van der Waals surface area contributed by atoms with Crippen LogP contribution in [0.1, 0.15) is 33.4 Å². The average Bonchev–Trinajstić information content (AvgIpc) is 2.56. The minimum Gasteiger partial charge on any atom is -0.466 e. The van der Waals surface area contributed by atoms with Crippen LogP contribution in [0, 0.1) is 0 Å². The summed E-state index contributed by atoms with van der Waals surface area (Å²) in [5.41, 5.74) is 5.54. The number of nitrogen functional groups attached to an aromatic ring is 1. The number of nitrogens with two attached hydrogens (primary N) is 1. The molecular formula is C12H19N3O4S. The SMILES string of the molecule is CCOC(=O)Cc1nc(NC(=O)OC(C)(C)C)sc1N. The molecule has 0 unspecified atom stereocenters. The number of nitrogens with zero attached hydrogens (tertiary/aromatic N) is 1. The smallest absolute Gasteiger partial charge is 0.413 e. The molecule has 20 heavy (non-hydrogen) atoms. The van der Waals surface area contributed by atoms with Gasteiger partial charge >= 0.3 is 12.1 Å². The Bertz CT molecular complexity index is 493. The lowest BCUT2D eigenvalue weighted by molar-refractivity contribution is -0.142. The topological polar surface area (TPSA) is 104 Å². The van der Waals surface area contributed by atoms with Gasteiger partial charge in [0.25, 0.3) is 0 Å². The van der Waals surface area contributed by atoms with Crippen molar-refractivity contribution in [2.75, 3.05) is 17.7 Å². The van der Waals surface area contributed by atoms with Crippen LogP contribution in [0.25, 0.3) is 0 Å². The second-order valence-electron chi connectivity index (χ2n) is 4.94. The highest BCUT2D eigenvalue weighted by Crippen LogP contribution is 2.26. The molecule has 1 heterocycles. The van der Waals surface area contributed by atoms with Crippen LogP contribution < -0.4 is 11.1 Å². The van der Waals surface area contributed by atoms with Gasteiger partial charge in [0, 0.05) is 0 Å². The highest BCUT2D eigenvalue weighted by molar-refractivity contribution is 7.19. The van der Waals surface area contributed by atoms with Crippen molar-refractivity contribution in [3.63, 3.8) is 0 Å². The number of thiazole rings is 1. The molecule has 0 aliphatic heterocycles. The van der Waals surface area contributed by atoms with Gasteiger partial charge in [0.15, 0.2) is 5.13 Å². The Hall–Kier alpha value is -1.83. The van der Waals surface area contributed by atoms with E-state index >= 15 is 0 Å². The van der Waals surface area contributed by atoms with E-state index in [4.69, 9.17) is 15.2 Å². The first-order chi connectivity index (χ1) is 9.21. The van der Waals surface area contributed by atoms with E-state index in [1.165, 1.54) is 0 Å². The lowest BCUT2D eigenvalue weighted by atomic mass is 10.2. The fourth-order valence-electron chi connectivity index (χ4n) is 1.28. The molecule has 0 aromatic carbocycles. The number of aromatic nitrogens is 1. The Morgan fingerprint density at radius 2 is 2.05 bits per heavy atom. The molecule has 0 bridgehead atoms. The summed E-state index contributed by atoms with van der Waals surface area (Å²) in [5, 5.41) is 3.13. The molecule has 7 nitrogen and oxygen atoms in total. The van der Waals surface area contributed by atoms with Gasteiger partial charge in [0.1, 0.15) is 10.6 Å². The zero-order valence-electron chi connectivity index (χ0n) is 12.0. The van der Waals surface area contributed by atoms with Gasteiger partial charge in [-0.3, -0.25) is 10.1 Å². The Labute approximate surface area is 121 Å². The number of carbonyl (C=O) groups excluding carboxylic acids is 2. The zero-order chi connectivity index (χ0) is 15.3. The van der Waals surface area contributed by atoms with E-state index in [1.54, 1.807) is 27.7 Å². The molecule has 8 heteroatoms. The molecule has 1 amide bonds. The van der Waals surface area contributed by atoms with Crippen LogP contribution >= 0.6 is 11.3 Å². The predicted molar refractivity (Wildman–Crippen MR) is 76.7 cm³/mol. The lowest BCUT2D eigenvalue weighted by Gasteiger charge is -2.18. The summed E-state index contributed by atoms with van der Waals surface area (Å²) < 4.78 is 9.91. The number of ether oxygens (including phenoxy) is 2. The quantitative estimate of drug-likeness (QED) is 0.826. The van der Waals surface area contributed by atoms with Crippen LogP contribution in [0.3, 0.4) is 0 Å². The van der Waals surface area contributed by atoms with E-state index in [-0.39, 0.29) is 11.6 Å². The van der Waals surface area contributed by atoms with E-state index in [0.29, 0.717) is 17.3 Å². The second-order valence-corrected chi connectivity index (χ2v) is 5.97. The van der Waals surface area contributed by atoms with Crippen LogP contribution in [-0.2, 0) is 20.7 Å². The fourth-order valence-corrected chi connectivity index (χ4v) is 2.02. The summed E-state index contributed by atoms with van der Waals surface area (Å²) in [6, 6.07) is 0. The molecule has 0 radical (unpaired) electrons. The molecule has 1 rings (SSSR count). The summed E-state index contributed by atoms with van der Waals surface area (Å²) in [4.78, 5) is 27.0. The van der Waals surface area contributed by atoms with Gasteiger partial charge in [-0.05, 0) is 27.7 Å². The minimum atomic E-state index is -0.617. The number of hydrogen-bond donors (Lipinski definition) is 2. The maximum atomic E-state index is 11.6. The molecule has 0 aliphatic rings. The van der Waals surface area contributed by atoms with Crippen molar-refractivity contribution in [1.82, 2.24) is 4.98 Å². The fraction of sp³-hybridized carbons (Fsp3) is 0.583. The molecule has 0 spiro atoms. The maximum Gasteiger partial charge on any atom is 0.413 e. The van der Waals surface area contributed by atoms with Gasteiger partial charge in [-0.15, -0.1) is 0 Å². The number of hydrogen-bond acceptors (Lipinski definition) is 7. The molecule has 0 saturated carbocycles. The van der Waals surface area contributed by atoms with Crippen molar-refractivity contribution in [2.45, 2.75) is 39.7 Å². The molecule has 1 aromatic heterocycles. The molecule has 0 atom stereocenters. The first-order valence-corrected chi connectivity index (χ1v) is 6.93. The predicted octanol–water partition coefficient (Wildman–Crippen LogP) is 2.18. The van der Waals surface area contributed by atoms with E-state index in [1.807, 2.05) is 0 Å². The summed E-state index contributed by atoms with van der Waals surface area (Å²) in [7, 11) is 0. The third kappa shape index (κ3) is 5.43. The molecular weight excluding hydrogens is 282 g/mol. The van der Waals surface area contributed by atoms with E-state index in [0.717, 1.165) is 11.3 Å². The Balaban J connectivity index is 2.65. The van der Waals surface area contributed by atoms with Crippen molar-refractivity contribution in [3.8, 4) is 0 Å². The molecule has 3 N–H and O–H groups in total. The number of carbonyl (C=O) groups is 2. The molecule has 1 aromatic rings. The minimum absolute atomic E-state index is 0.0217. The number of rotatable bonds is 4. The third-order valence-corrected chi connectivity index (χ3v) is 2.79. The normalized spacial score (nSPS) is 11.0. The Kier molecular flexibility index (Phi) is 5.32. The molecule has 112 valence electrons. The number of nitrogens with one attached hydrogen (secondary N) is 1. The first kappa shape index (κ1) is 16.2. The average molecular weight is 301 g/mol. The number of esters is 1. The monoisotopic (exact) mass is 301 g/mol. The van der Waals surface area contributed by atoms with Crippen molar-refractivity contribution < 1.29 is 19.1 Å². The van der Waals surface area contributed by atoms with Crippen LogP contribution in [-0.4, -0.2) is 29.3 Å². The van der Waals surface area contributed by atoms with Crippen LogP contribution in [0.5, 0.6) is 0 Å². The van der Waals surface area contributed by atoms with E-state index < -0.39 is 17.7 Å². The third-order valence-electron chi connectivity index (χ3n) is 1.95. The van der Waals surface area contributed by atoms with Crippen molar-refractivity contribution in [2.24, 2.45) is 0 Å². The van der Waals surface area contributed by atoms with Gasteiger partial charge in [0.2, 0.25) is 0 Å². The van der Waals surface area contributed by atoms with E-state index in [9.17, 15) is 9.59 Å². The van der Waals surface area contributed by atoms with Gasteiger partial charge < -0.3 is 15.2 Å². The largest absolute Gasteiger partial charge is 0.466 e. The van der Waals surface area contributed by atoms with Gasteiger partial charge in [-0.25, -0.2) is 9.78 Å². The second kappa shape index (κ2) is 6.56. The summed E-state index contributed by atoms with van der Waals surface area (Å²) in [6.07, 6.45) is -0.638. The number of anilines is 2. The molecule has 0 aliphatic carbocycles. The summed E-state index contributed by atoms with van der Waals surface area (Å²) in [6.45, 7) is 7.29. The number of amides is 1. The van der Waals surface area contributed by atoms with Crippen LogP contribution in [0.15, 0.2) is 0 Å².